The molecule has 1 aliphatic rings. The molecule has 0 atom stereocenters. The number of methoxy groups -OCH3 is 2. The van der Waals surface area contributed by atoms with Gasteiger partial charge in [0.15, 0.2) is 11.5 Å². The van der Waals surface area contributed by atoms with Crippen molar-refractivity contribution in [2.45, 2.75) is 6.54 Å². The molecule has 9 heteroatoms. The maximum Gasteiger partial charge on any atom is 0.293 e. The third-order valence-electron chi connectivity index (χ3n) is 3.97. The number of thioether (sulfide) groups is 1. The summed E-state index contributed by atoms with van der Waals surface area (Å²) in [5.41, 5.74) is 1.19. The lowest BCUT2D eigenvalue weighted by molar-refractivity contribution is -0.123. The van der Waals surface area contributed by atoms with Crippen molar-refractivity contribution in [2.75, 3.05) is 14.2 Å². The highest BCUT2D eigenvalue weighted by atomic mass is 127. The van der Waals surface area contributed by atoms with E-state index in [0.717, 1.165) is 26.3 Å². The molecule has 0 unspecified atom stereocenters. The van der Waals surface area contributed by atoms with Crippen LogP contribution >= 0.6 is 46.0 Å². The molecular weight excluding hydrogens is 520 g/mol. The van der Waals surface area contributed by atoms with Crippen molar-refractivity contribution >= 4 is 63.2 Å². The molecule has 0 bridgehead atoms. The summed E-state index contributed by atoms with van der Waals surface area (Å²) in [6, 6.07) is 7.40. The molecule has 0 saturated carbocycles. The van der Waals surface area contributed by atoms with Crippen molar-refractivity contribution in [3.63, 3.8) is 0 Å². The minimum Gasteiger partial charge on any atom is -0.493 e. The average Bonchev–Trinajstić information content (AvgIpc) is 2.90. The van der Waals surface area contributed by atoms with Gasteiger partial charge in [-0.15, -0.1) is 0 Å². The van der Waals surface area contributed by atoms with E-state index in [9.17, 15) is 14.0 Å². The van der Waals surface area contributed by atoms with Crippen LogP contribution in [0.3, 0.4) is 0 Å². The predicted octanol–water partition coefficient (Wildman–Crippen LogP) is 5.34. The van der Waals surface area contributed by atoms with Crippen LogP contribution < -0.4 is 9.47 Å². The van der Waals surface area contributed by atoms with E-state index >= 15 is 0 Å². The Labute approximate surface area is 184 Å². The number of amides is 2. The summed E-state index contributed by atoms with van der Waals surface area (Å²) in [4.78, 5) is 26.4. The first-order chi connectivity index (χ1) is 13.3. The van der Waals surface area contributed by atoms with E-state index in [2.05, 4.69) is 22.6 Å². The maximum atomic E-state index is 13.2. The number of ether oxygens (including phenoxy) is 2. The Morgan fingerprint density at radius 2 is 1.96 bits per heavy atom. The normalized spacial score (nSPS) is 15.5. The summed E-state index contributed by atoms with van der Waals surface area (Å²) >= 11 is 8.96. The van der Waals surface area contributed by atoms with Crippen molar-refractivity contribution in [2.24, 2.45) is 0 Å². The second kappa shape index (κ2) is 8.71. The van der Waals surface area contributed by atoms with Crippen LogP contribution in [0.4, 0.5) is 9.18 Å². The summed E-state index contributed by atoms with van der Waals surface area (Å²) < 4.78 is 24.6. The van der Waals surface area contributed by atoms with Crippen LogP contribution in [0.5, 0.6) is 11.5 Å². The van der Waals surface area contributed by atoms with E-state index < -0.39 is 17.0 Å². The zero-order valence-corrected chi connectivity index (χ0v) is 18.5. The van der Waals surface area contributed by atoms with Gasteiger partial charge in [-0.25, -0.2) is 4.39 Å². The van der Waals surface area contributed by atoms with Crippen LogP contribution in [0.15, 0.2) is 35.2 Å². The number of hydrogen-bond acceptors (Lipinski definition) is 5. The lowest BCUT2D eigenvalue weighted by atomic mass is 10.1. The van der Waals surface area contributed by atoms with Gasteiger partial charge in [0.1, 0.15) is 5.82 Å². The van der Waals surface area contributed by atoms with Gasteiger partial charge >= 0.3 is 0 Å². The smallest absolute Gasteiger partial charge is 0.293 e. The van der Waals surface area contributed by atoms with Gasteiger partial charge in [0.05, 0.1) is 29.2 Å². The van der Waals surface area contributed by atoms with Crippen molar-refractivity contribution in [3.8, 4) is 11.5 Å². The van der Waals surface area contributed by atoms with E-state index in [1.165, 1.54) is 19.2 Å². The highest BCUT2D eigenvalue weighted by Crippen LogP contribution is 2.37. The minimum atomic E-state index is -0.481. The maximum absolute atomic E-state index is 13.2. The zero-order chi connectivity index (χ0) is 20.4. The van der Waals surface area contributed by atoms with E-state index in [-0.39, 0.29) is 16.5 Å². The molecule has 0 N–H and O–H groups in total. The molecule has 28 heavy (non-hydrogen) atoms. The lowest BCUT2D eigenvalue weighted by Gasteiger charge is -2.13. The SMILES string of the molecule is COc1cc(/C=C2/SC(=O)N(Cc3ccc(F)cc3Cl)C2=O)cc(I)c1OC. The molecule has 2 amide bonds. The van der Waals surface area contributed by atoms with Gasteiger partial charge in [-0.2, -0.15) is 0 Å². The molecule has 146 valence electrons. The standard InChI is InChI=1S/C19H14ClFINO4S/c1-26-15-6-10(5-14(22)17(15)27-2)7-16-18(24)23(19(25)28-16)9-11-3-4-12(21)8-13(11)20/h3-8H,9H2,1-2H3/b16-7+. The minimum absolute atomic E-state index is 0.0232. The Balaban J connectivity index is 1.88. The third-order valence-corrected chi connectivity index (χ3v) is 6.03. The third kappa shape index (κ3) is 4.28. The predicted molar refractivity (Wildman–Crippen MR) is 115 cm³/mol. The summed E-state index contributed by atoms with van der Waals surface area (Å²) in [6.45, 7) is -0.0232. The highest BCUT2D eigenvalue weighted by Gasteiger charge is 2.35. The van der Waals surface area contributed by atoms with Gasteiger partial charge in [0.25, 0.3) is 11.1 Å². The molecule has 2 aromatic carbocycles. The number of carbonyl (C=O) groups is 2. The number of nitrogens with zero attached hydrogens (tertiary/aromatic N) is 1. The van der Waals surface area contributed by atoms with Crippen molar-refractivity contribution < 1.29 is 23.5 Å². The van der Waals surface area contributed by atoms with Gasteiger partial charge in [-0.1, -0.05) is 17.7 Å². The van der Waals surface area contributed by atoms with Crippen LogP contribution in [0.25, 0.3) is 6.08 Å². The van der Waals surface area contributed by atoms with Gasteiger partial charge in [0.2, 0.25) is 0 Å². The molecule has 1 saturated heterocycles. The second-order valence-corrected chi connectivity index (χ2v) is 8.30. The van der Waals surface area contributed by atoms with Crippen LogP contribution in [0.1, 0.15) is 11.1 Å². The Morgan fingerprint density at radius 1 is 1.21 bits per heavy atom. The Morgan fingerprint density at radius 3 is 2.61 bits per heavy atom. The molecule has 2 aromatic rings. The van der Waals surface area contributed by atoms with Crippen molar-refractivity contribution in [1.29, 1.82) is 0 Å². The molecule has 0 spiro atoms. The first-order valence-electron chi connectivity index (χ1n) is 7.95. The summed E-state index contributed by atoms with van der Waals surface area (Å²) in [7, 11) is 3.07. The molecule has 0 aromatic heterocycles. The molecule has 0 aliphatic carbocycles. The van der Waals surface area contributed by atoms with Crippen LogP contribution in [0, 0.1) is 9.39 Å². The monoisotopic (exact) mass is 533 g/mol. The number of rotatable bonds is 5. The summed E-state index contributed by atoms with van der Waals surface area (Å²) in [5, 5.41) is -0.246. The van der Waals surface area contributed by atoms with E-state index in [1.54, 1.807) is 19.3 Å². The van der Waals surface area contributed by atoms with E-state index in [0.29, 0.717) is 22.6 Å². The first kappa shape index (κ1) is 20.9. The van der Waals surface area contributed by atoms with Gasteiger partial charge in [-0.3, -0.25) is 14.5 Å². The fourth-order valence-corrected chi connectivity index (χ4v) is 4.54. The number of benzene rings is 2. The topological polar surface area (TPSA) is 55.8 Å². The van der Waals surface area contributed by atoms with Crippen LogP contribution in [-0.4, -0.2) is 30.3 Å². The number of halogens is 3. The van der Waals surface area contributed by atoms with Gasteiger partial charge < -0.3 is 9.47 Å². The largest absolute Gasteiger partial charge is 0.493 e. The molecule has 1 heterocycles. The Kier molecular flexibility index (Phi) is 6.51. The first-order valence-corrected chi connectivity index (χ1v) is 10.2. The van der Waals surface area contributed by atoms with Crippen LogP contribution in [-0.2, 0) is 11.3 Å². The quantitative estimate of drug-likeness (QED) is 0.384. The second-order valence-electron chi connectivity index (χ2n) is 5.74. The fourth-order valence-electron chi connectivity index (χ4n) is 2.63. The fraction of sp³-hybridized carbons (Fsp3) is 0.158. The van der Waals surface area contributed by atoms with Crippen LogP contribution in [0.2, 0.25) is 5.02 Å². The molecule has 3 rings (SSSR count). The Hall–Kier alpha value is -1.78. The number of imide groups is 1. The van der Waals surface area contributed by atoms with Crippen molar-refractivity contribution in [3.05, 3.63) is 60.8 Å². The zero-order valence-electron chi connectivity index (χ0n) is 14.8. The van der Waals surface area contributed by atoms with E-state index in [1.807, 2.05) is 6.07 Å². The summed E-state index contributed by atoms with van der Waals surface area (Å²) in [5.74, 6) is 0.211. The molecule has 5 nitrogen and oxygen atoms in total. The van der Waals surface area contributed by atoms with E-state index in [4.69, 9.17) is 21.1 Å². The number of carbonyl (C=O) groups excluding carboxylic acids is 2. The number of hydrogen-bond donors (Lipinski definition) is 0. The van der Waals surface area contributed by atoms with Crippen molar-refractivity contribution in [1.82, 2.24) is 4.90 Å². The molecular formula is C19H14ClFINO4S. The van der Waals surface area contributed by atoms with Gasteiger partial charge in [0, 0.05) is 5.02 Å². The molecule has 0 radical (unpaired) electrons. The average molecular weight is 534 g/mol. The molecule has 1 aliphatic heterocycles. The highest BCUT2D eigenvalue weighted by molar-refractivity contribution is 14.1. The lowest BCUT2D eigenvalue weighted by Crippen LogP contribution is -2.27. The molecule has 1 fully saturated rings. The Bertz CT molecular complexity index is 998. The van der Waals surface area contributed by atoms with Gasteiger partial charge in [-0.05, 0) is 75.8 Å². The summed E-state index contributed by atoms with van der Waals surface area (Å²) in [6.07, 6.45) is 1.63.